The summed E-state index contributed by atoms with van der Waals surface area (Å²) < 4.78 is 0. The molecule has 5 heteroatoms. The van der Waals surface area contributed by atoms with Crippen LogP contribution in [0.4, 0.5) is 10.5 Å². The summed E-state index contributed by atoms with van der Waals surface area (Å²) in [4.78, 5) is 24.7. The van der Waals surface area contributed by atoms with E-state index in [1.165, 1.54) is 0 Å². The normalized spacial score (nSPS) is 11.8. The SMILES string of the molecule is CCC(CC(=O)O)NC(=O)N(CC)c1ccccc1C. The second-order valence-corrected chi connectivity index (χ2v) is 4.68. The molecule has 0 bridgehead atoms. The van der Waals surface area contributed by atoms with E-state index in [0.717, 1.165) is 11.3 Å². The van der Waals surface area contributed by atoms with Gasteiger partial charge in [0, 0.05) is 18.3 Å². The molecule has 0 aliphatic carbocycles. The quantitative estimate of drug-likeness (QED) is 0.840. The first-order chi connectivity index (χ1) is 9.49. The summed E-state index contributed by atoms with van der Waals surface area (Å²) in [6.07, 6.45) is 0.525. The molecule has 1 rings (SSSR count). The Morgan fingerprint density at radius 2 is 1.95 bits per heavy atom. The number of amides is 2. The minimum absolute atomic E-state index is 0.0619. The van der Waals surface area contributed by atoms with Crippen LogP contribution in [0.25, 0.3) is 0 Å². The molecule has 0 spiro atoms. The zero-order valence-corrected chi connectivity index (χ0v) is 12.2. The maximum atomic E-state index is 12.3. The first kappa shape index (κ1) is 16.0. The van der Waals surface area contributed by atoms with Gasteiger partial charge in [0.1, 0.15) is 0 Å². The summed E-state index contributed by atoms with van der Waals surface area (Å²) in [7, 11) is 0. The van der Waals surface area contributed by atoms with Crippen molar-refractivity contribution in [1.29, 1.82) is 0 Å². The van der Waals surface area contributed by atoms with Crippen LogP contribution in [0.1, 0.15) is 32.3 Å². The highest BCUT2D eigenvalue weighted by molar-refractivity contribution is 5.93. The van der Waals surface area contributed by atoms with Gasteiger partial charge in [0.05, 0.1) is 6.42 Å². The van der Waals surface area contributed by atoms with E-state index >= 15 is 0 Å². The first-order valence-electron chi connectivity index (χ1n) is 6.85. The Morgan fingerprint density at radius 1 is 1.30 bits per heavy atom. The summed E-state index contributed by atoms with van der Waals surface area (Å²) in [6.45, 7) is 6.22. The van der Waals surface area contributed by atoms with E-state index in [-0.39, 0.29) is 18.5 Å². The standard InChI is InChI=1S/C15H22N2O3/c1-4-12(10-14(18)19)16-15(20)17(5-2)13-9-7-6-8-11(13)3/h6-9,12H,4-5,10H2,1-3H3,(H,16,20)(H,18,19). The lowest BCUT2D eigenvalue weighted by atomic mass is 10.1. The minimum atomic E-state index is -0.906. The molecular weight excluding hydrogens is 256 g/mol. The summed E-state index contributed by atoms with van der Waals surface area (Å²) in [5.74, 6) is -0.906. The van der Waals surface area contributed by atoms with Crippen LogP contribution in [-0.2, 0) is 4.79 Å². The van der Waals surface area contributed by atoms with Crippen LogP contribution >= 0.6 is 0 Å². The molecule has 0 aliphatic rings. The van der Waals surface area contributed by atoms with E-state index in [9.17, 15) is 9.59 Å². The maximum Gasteiger partial charge on any atom is 0.322 e. The molecule has 20 heavy (non-hydrogen) atoms. The number of nitrogens with zero attached hydrogens (tertiary/aromatic N) is 1. The van der Waals surface area contributed by atoms with Gasteiger partial charge < -0.3 is 10.4 Å². The number of hydrogen-bond acceptors (Lipinski definition) is 2. The fraction of sp³-hybridized carbons (Fsp3) is 0.467. The summed E-state index contributed by atoms with van der Waals surface area (Å²) >= 11 is 0. The molecule has 0 saturated carbocycles. The number of carbonyl (C=O) groups excluding carboxylic acids is 1. The molecule has 0 aromatic heterocycles. The Kier molecular flexibility index (Phi) is 6.03. The van der Waals surface area contributed by atoms with Gasteiger partial charge in [-0.1, -0.05) is 25.1 Å². The lowest BCUT2D eigenvalue weighted by Gasteiger charge is -2.25. The Labute approximate surface area is 119 Å². The highest BCUT2D eigenvalue weighted by Crippen LogP contribution is 2.19. The number of para-hydroxylation sites is 1. The molecule has 1 aromatic carbocycles. The van der Waals surface area contributed by atoms with Crippen molar-refractivity contribution < 1.29 is 14.7 Å². The number of carbonyl (C=O) groups is 2. The van der Waals surface area contributed by atoms with E-state index in [2.05, 4.69) is 5.32 Å². The molecule has 0 aliphatic heterocycles. The minimum Gasteiger partial charge on any atom is -0.481 e. The van der Waals surface area contributed by atoms with Crippen molar-refractivity contribution in [2.24, 2.45) is 0 Å². The fourth-order valence-corrected chi connectivity index (χ4v) is 2.05. The van der Waals surface area contributed by atoms with Gasteiger partial charge in [-0.25, -0.2) is 4.79 Å². The summed E-state index contributed by atoms with van der Waals surface area (Å²) in [5.41, 5.74) is 1.86. The number of carboxylic acid groups (broad SMARTS) is 1. The molecule has 5 nitrogen and oxygen atoms in total. The number of urea groups is 1. The average molecular weight is 278 g/mol. The smallest absolute Gasteiger partial charge is 0.322 e. The third-order valence-electron chi connectivity index (χ3n) is 3.21. The van der Waals surface area contributed by atoms with Gasteiger partial charge in [0.25, 0.3) is 0 Å². The number of carboxylic acids is 1. The van der Waals surface area contributed by atoms with Crippen LogP contribution in [0, 0.1) is 6.92 Å². The molecule has 0 fully saturated rings. The third-order valence-corrected chi connectivity index (χ3v) is 3.21. The van der Waals surface area contributed by atoms with Crippen molar-refractivity contribution in [3.8, 4) is 0 Å². The number of aliphatic carboxylic acids is 1. The molecule has 0 heterocycles. The van der Waals surface area contributed by atoms with E-state index in [1.807, 2.05) is 45.0 Å². The van der Waals surface area contributed by atoms with Crippen LogP contribution < -0.4 is 10.2 Å². The maximum absolute atomic E-state index is 12.3. The Hall–Kier alpha value is -2.04. The predicted molar refractivity (Wildman–Crippen MR) is 79.1 cm³/mol. The van der Waals surface area contributed by atoms with Crippen LogP contribution in [-0.4, -0.2) is 29.7 Å². The average Bonchev–Trinajstić information content (AvgIpc) is 2.40. The van der Waals surface area contributed by atoms with E-state index < -0.39 is 5.97 Å². The van der Waals surface area contributed by atoms with Gasteiger partial charge in [-0.3, -0.25) is 9.69 Å². The van der Waals surface area contributed by atoms with E-state index in [1.54, 1.807) is 4.90 Å². The highest BCUT2D eigenvalue weighted by atomic mass is 16.4. The molecule has 2 N–H and O–H groups in total. The predicted octanol–water partition coefficient (Wildman–Crippen LogP) is 2.78. The Balaban J connectivity index is 2.82. The summed E-state index contributed by atoms with van der Waals surface area (Å²) in [6, 6.07) is 7.03. The molecule has 1 aromatic rings. The molecule has 0 radical (unpaired) electrons. The van der Waals surface area contributed by atoms with Gasteiger partial charge in [-0.05, 0) is 31.9 Å². The molecule has 0 saturated heterocycles. The highest BCUT2D eigenvalue weighted by Gasteiger charge is 2.19. The van der Waals surface area contributed by atoms with Crippen molar-refractivity contribution in [2.45, 2.75) is 39.7 Å². The van der Waals surface area contributed by atoms with Crippen LogP contribution in [0.15, 0.2) is 24.3 Å². The Bertz CT molecular complexity index is 474. The van der Waals surface area contributed by atoms with Crippen LogP contribution in [0.3, 0.4) is 0 Å². The molecule has 1 atom stereocenters. The second-order valence-electron chi connectivity index (χ2n) is 4.68. The number of hydrogen-bond donors (Lipinski definition) is 2. The van der Waals surface area contributed by atoms with Crippen molar-refractivity contribution in [1.82, 2.24) is 5.32 Å². The Morgan fingerprint density at radius 3 is 2.45 bits per heavy atom. The number of aryl methyl sites for hydroxylation is 1. The van der Waals surface area contributed by atoms with Crippen molar-refractivity contribution in [3.63, 3.8) is 0 Å². The lowest BCUT2D eigenvalue weighted by molar-refractivity contribution is -0.137. The zero-order chi connectivity index (χ0) is 15.1. The van der Waals surface area contributed by atoms with Gasteiger partial charge in [0.2, 0.25) is 0 Å². The third kappa shape index (κ3) is 4.26. The number of nitrogens with one attached hydrogen (secondary N) is 1. The van der Waals surface area contributed by atoms with Crippen molar-refractivity contribution in [3.05, 3.63) is 29.8 Å². The van der Waals surface area contributed by atoms with Gasteiger partial charge in [-0.2, -0.15) is 0 Å². The number of rotatable bonds is 6. The second kappa shape index (κ2) is 7.53. The van der Waals surface area contributed by atoms with E-state index in [0.29, 0.717) is 13.0 Å². The van der Waals surface area contributed by atoms with Crippen molar-refractivity contribution in [2.75, 3.05) is 11.4 Å². The monoisotopic (exact) mass is 278 g/mol. The molecule has 110 valence electrons. The van der Waals surface area contributed by atoms with Crippen LogP contribution in [0.5, 0.6) is 0 Å². The van der Waals surface area contributed by atoms with Gasteiger partial charge in [0.15, 0.2) is 0 Å². The first-order valence-corrected chi connectivity index (χ1v) is 6.85. The van der Waals surface area contributed by atoms with Crippen molar-refractivity contribution >= 4 is 17.7 Å². The fourth-order valence-electron chi connectivity index (χ4n) is 2.05. The largest absolute Gasteiger partial charge is 0.481 e. The molecule has 1 unspecified atom stereocenters. The van der Waals surface area contributed by atoms with E-state index in [4.69, 9.17) is 5.11 Å². The topological polar surface area (TPSA) is 69.6 Å². The zero-order valence-electron chi connectivity index (χ0n) is 12.2. The van der Waals surface area contributed by atoms with Gasteiger partial charge >= 0.3 is 12.0 Å². The number of benzene rings is 1. The van der Waals surface area contributed by atoms with Crippen LogP contribution in [0.2, 0.25) is 0 Å². The summed E-state index contributed by atoms with van der Waals surface area (Å²) in [5, 5.41) is 11.6. The molecule has 2 amide bonds. The molecular formula is C15H22N2O3. The van der Waals surface area contributed by atoms with Gasteiger partial charge in [-0.15, -0.1) is 0 Å². The number of anilines is 1. The lowest BCUT2D eigenvalue weighted by Crippen LogP contribution is -2.45.